The zero-order chi connectivity index (χ0) is 9.10. The molecule has 3 heteroatoms. The maximum absolute atomic E-state index is 10.7. The standard InChI is InChI=1S/C10H8N2O/c13-7-10-8-3-1-2-4-9(8)11-5-6-12-10/h1-7,11H. The predicted molar refractivity (Wildman–Crippen MR) is 51.8 cm³/mol. The fourth-order valence-electron chi connectivity index (χ4n) is 1.24. The number of para-hydroxylation sites is 1. The molecule has 0 bridgehead atoms. The Morgan fingerprint density at radius 3 is 3.00 bits per heavy atom. The van der Waals surface area contributed by atoms with Crippen molar-refractivity contribution in [3.63, 3.8) is 0 Å². The number of carbonyl (C=O) groups excluding carboxylic acids is 1. The number of anilines is 1. The highest BCUT2D eigenvalue weighted by atomic mass is 16.1. The first-order valence-corrected chi connectivity index (χ1v) is 3.96. The van der Waals surface area contributed by atoms with E-state index < -0.39 is 0 Å². The fourth-order valence-corrected chi connectivity index (χ4v) is 1.24. The topological polar surface area (TPSA) is 41.5 Å². The molecule has 0 fully saturated rings. The van der Waals surface area contributed by atoms with Crippen molar-refractivity contribution in [2.75, 3.05) is 5.32 Å². The summed E-state index contributed by atoms with van der Waals surface area (Å²) in [6.07, 6.45) is 4.04. The largest absolute Gasteiger partial charge is 0.360 e. The van der Waals surface area contributed by atoms with E-state index in [1.165, 1.54) is 0 Å². The van der Waals surface area contributed by atoms with Gasteiger partial charge in [-0.15, -0.1) is 0 Å². The Balaban J connectivity index is 2.59. The highest BCUT2D eigenvalue weighted by Crippen LogP contribution is 2.17. The number of carbonyl (C=O) groups is 1. The number of rotatable bonds is 1. The van der Waals surface area contributed by atoms with Gasteiger partial charge >= 0.3 is 0 Å². The van der Waals surface area contributed by atoms with Crippen LogP contribution in [-0.4, -0.2) is 12.0 Å². The molecule has 1 aromatic carbocycles. The summed E-state index contributed by atoms with van der Waals surface area (Å²) in [7, 11) is 0. The Labute approximate surface area is 75.8 Å². The molecule has 1 aliphatic rings. The summed E-state index contributed by atoms with van der Waals surface area (Å²) in [6.45, 7) is 0. The predicted octanol–water partition coefficient (Wildman–Crippen LogP) is 1.57. The molecule has 1 N–H and O–H groups in total. The van der Waals surface area contributed by atoms with Gasteiger partial charge in [0.25, 0.3) is 0 Å². The lowest BCUT2D eigenvalue weighted by Crippen LogP contribution is -2.03. The highest BCUT2D eigenvalue weighted by Gasteiger charge is 2.07. The average Bonchev–Trinajstić information content (AvgIpc) is 2.39. The van der Waals surface area contributed by atoms with E-state index in [-0.39, 0.29) is 0 Å². The number of aliphatic imine (C=N–C) groups is 1. The van der Waals surface area contributed by atoms with Crippen molar-refractivity contribution in [3.05, 3.63) is 42.2 Å². The minimum atomic E-state index is 0.455. The van der Waals surface area contributed by atoms with Crippen LogP contribution in [0.4, 0.5) is 5.69 Å². The summed E-state index contributed by atoms with van der Waals surface area (Å²) >= 11 is 0. The molecule has 2 rings (SSSR count). The van der Waals surface area contributed by atoms with Gasteiger partial charge in [0.15, 0.2) is 6.29 Å². The smallest absolute Gasteiger partial charge is 0.169 e. The van der Waals surface area contributed by atoms with Gasteiger partial charge in [0.05, 0.1) is 0 Å². The molecule has 0 unspecified atom stereocenters. The van der Waals surface area contributed by atoms with E-state index in [9.17, 15) is 4.79 Å². The van der Waals surface area contributed by atoms with E-state index >= 15 is 0 Å². The lowest BCUT2D eigenvalue weighted by atomic mass is 10.1. The summed E-state index contributed by atoms with van der Waals surface area (Å²) in [4.78, 5) is 14.7. The number of aldehydes is 1. The Morgan fingerprint density at radius 2 is 2.15 bits per heavy atom. The minimum absolute atomic E-state index is 0.455. The van der Waals surface area contributed by atoms with Crippen molar-refractivity contribution in [1.29, 1.82) is 0 Å². The lowest BCUT2D eigenvalue weighted by molar-refractivity contribution is -0.102. The van der Waals surface area contributed by atoms with E-state index in [2.05, 4.69) is 10.3 Å². The maximum Gasteiger partial charge on any atom is 0.169 e. The first-order chi connectivity index (χ1) is 6.42. The molecule has 0 saturated heterocycles. The van der Waals surface area contributed by atoms with Crippen LogP contribution in [0.1, 0.15) is 5.56 Å². The van der Waals surface area contributed by atoms with Crippen molar-refractivity contribution in [3.8, 4) is 0 Å². The molecule has 0 radical (unpaired) electrons. The van der Waals surface area contributed by atoms with Crippen LogP contribution in [-0.2, 0) is 4.79 Å². The second kappa shape index (κ2) is 3.23. The van der Waals surface area contributed by atoms with E-state index in [0.717, 1.165) is 17.5 Å². The monoisotopic (exact) mass is 172 g/mol. The van der Waals surface area contributed by atoms with Gasteiger partial charge in [-0.05, 0) is 6.07 Å². The summed E-state index contributed by atoms with van der Waals surface area (Å²) in [6, 6.07) is 7.56. The van der Waals surface area contributed by atoms with E-state index in [0.29, 0.717) is 5.71 Å². The Bertz CT molecular complexity index is 394. The molecular weight excluding hydrogens is 164 g/mol. The molecule has 0 atom stereocenters. The number of benzene rings is 1. The third-order valence-corrected chi connectivity index (χ3v) is 1.84. The van der Waals surface area contributed by atoms with E-state index in [1.54, 1.807) is 12.4 Å². The lowest BCUT2D eigenvalue weighted by Gasteiger charge is -2.04. The third kappa shape index (κ3) is 1.36. The molecule has 1 aromatic rings. The Kier molecular flexibility index (Phi) is 1.92. The van der Waals surface area contributed by atoms with Crippen LogP contribution >= 0.6 is 0 Å². The number of nitrogens with zero attached hydrogens (tertiary/aromatic N) is 1. The molecule has 0 amide bonds. The first kappa shape index (κ1) is 7.73. The van der Waals surface area contributed by atoms with Crippen LogP contribution < -0.4 is 5.32 Å². The van der Waals surface area contributed by atoms with Crippen LogP contribution in [0.5, 0.6) is 0 Å². The second-order valence-electron chi connectivity index (χ2n) is 2.64. The molecule has 64 valence electrons. The van der Waals surface area contributed by atoms with Gasteiger partial charge in [0, 0.05) is 23.7 Å². The van der Waals surface area contributed by atoms with Crippen molar-refractivity contribution in [1.82, 2.24) is 0 Å². The van der Waals surface area contributed by atoms with Gasteiger partial charge in [0.1, 0.15) is 5.71 Å². The molecule has 0 aromatic heterocycles. The quantitative estimate of drug-likeness (QED) is 0.653. The van der Waals surface area contributed by atoms with Crippen LogP contribution in [0.15, 0.2) is 41.7 Å². The molecule has 3 nitrogen and oxygen atoms in total. The Hall–Kier alpha value is -1.90. The molecular formula is C10H8N2O. The molecule has 13 heavy (non-hydrogen) atoms. The molecule has 1 aliphatic heterocycles. The molecule has 0 saturated carbocycles. The Morgan fingerprint density at radius 1 is 1.31 bits per heavy atom. The minimum Gasteiger partial charge on any atom is -0.360 e. The van der Waals surface area contributed by atoms with Gasteiger partial charge in [-0.1, -0.05) is 18.2 Å². The van der Waals surface area contributed by atoms with Gasteiger partial charge < -0.3 is 5.32 Å². The summed E-state index contributed by atoms with van der Waals surface area (Å²) < 4.78 is 0. The SMILES string of the molecule is O=CC1=NC=CNc2ccccc21. The van der Waals surface area contributed by atoms with Gasteiger partial charge in [0.2, 0.25) is 0 Å². The summed E-state index contributed by atoms with van der Waals surface area (Å²) in [5.74, 6) is 0. The van der Waals surface area contributed by atoms with Crippen molar-refractivity contribution in [2.24, 2.45) is 4.99 Å². The normalized spacial score (nSPS) is 13.7. The van der Waals surface area contributed by atoms with Gasteiger partial charge in [-0.3, -0.25) is 9.79 Å². The highest BCUT2D eigenvalue weighted by molar-refractivity contribution is 6.38. The number of hydrogen-bond acceptors (Lipinski definition) is 3. The van der Waals surface area contributed by atoms with Gasteiger partial charge in [-0.25, -0.2) is 0 Å². The zero-order valence-corrected chi connectivity index (χ0v) is 6.90. The average molecular weight is 172 g/mol. The second-order valence-corrected chi connectivity index (χ2v) is 2.64. The number of hydrogen-bond donors (Lipinski definition) is 1. The third-order valence-electron chi connectivity index (χ3n) is 1.84. The van der Waals surface area contributed by atoms with Crippen LogP contribution in [0, 0.1) is 0 Å². The van der Waals surface area contributed by atoms with E-state index in [1.807, 2.05) is 24.3 Å². The number of nitrogens with one attached hydrogen (secondary N) is 1. The molecule has 1 heterocycles. The summed E-state index contributed by atoms with van der Waals surface area (Å²) in [5.41, 5.74) is 2.20. The van der Waals surface area contributed by atoms with Crippen molar-refractivity contribution in [2.45, 2.75) is 0 Å². The summed E-state index contributed by atoms with van der Waals surface area (Å²) in [5, 5.41) is 3.04. The zero-order valence-electron chi connectivity index (χ0n) is 6.90. The van der Waals surface area contributed by atoms with Crippen LogP contribution in [0.2, 0.25) is 0 Å². The fraction of sp³-hybridized carbons (Fsp3) is 0. The first-order valence-electron chi connectivity index (χ1n) is 3.96. The van der Waals surface area contributed by atoms with E-state index in [4.69, 9.17) is 0 Å². The van der Waals surface area contributed by atoms with Crippen molar-refractivity contribution < 1.29 is 4.79 Å². The van der Waals surface area contributed by atoms with Gasteiger partial charge in [-0.2, -0.15) is 0 Å². The van der Waals surface area contributed by atoms with Crippen LogP contribution in [0.25, 0.3) is 0 Å². The molecule has 0 aliphatic carbocycles. The maximum atomic E-state index is 10.7. The van der Waals surface area contributed by atoms with Crippen molar-refractivity contribution >= 4 is 17.7 Å². The number of fused-ring (bicyclic) bond motifs is 1. The molecule has 0 spiro atoms. The van der Waals surface area contributed by atoms with Crippen LogP contribution in [0.3, 0.4) is 0 Å².